The van der Waals surface area contributed by atoms with E-state index in [0.717, 1.165) is 5.56 Å². The first-order valence-electron chi connectivity index (χ1n) is 8.37. The van der Waals surface area contributed by atoms with Gasteiger partial charge in [-0.15, -0.1) is 6.42 Å². The summed E-state index contributed by atoms with van der Waals surface area (Å²) in [5, 5.41) is 7.56. The summed E-state index contributed by atoms with van der Waals surface area (Å²) in [6.45, 7) is -0.365. The van der Waals surface area contributed by atoms with Crippen molar-refractivity contribution in [1.29, 1.82) is 0 Å². The number of terminal acetylenes is 1. The molecule has 2 aromatic carbocycles. The van der Waals surface area contributed by atoms with Crippen LogP contribution >= 0.6 is 11.6 Å². The Morgan fingerprint density at radius 1 is 1.14 bits per heavy atom. The van der Waals surface area contributed by atoms with Crippen LogP contribution in [0.2, 0.25) is 5.02 Å². The minimum absolute atomic E-state index is 0.0685. The van der Waals surface area contributed by atoms with E-state index >= 15 is 0 Å². The number of aromatic nitrogens is 2. The number of hydrogen-bond donors (Lipinski definition) is 1. The zero-order chi connectivity index (χ0) is 19.9. The Bertz CT molecular complexity index is 1020. The number of benzene rings is 2. The molecule has 28 heavy (non-hydrogen) atoms. The van der Waals surface area contributed by atoms with Gasteiger partial charge < -0.3 is 10.1 Å². The van der Waals surface area contributed by atoms with E-state index in [4.69, 9.17) is 22.8 Å². The average Bonchev–Trinajstić information content (AvgIpc) is 3.17. The molecule has 7 heteroatoms. The standard InChI is InChI=1S/C21H16ClN3O3/c1-2-12-23-20(26)14-28-21(27)19-13-18(15-8-10-16(22)11-9-15)24-25(19)17-6-4-3-5-7-17/h1,3-11,13H,12,14H2,(H,23,26). The maximum Gasteiger partial charge on any atom is 0.357 e. The third-order valence-corrected chi connectivity index (χ3v) is 4.03. The normalized spacial score (nSPS) is 10.1. The highest BCUT2D eigenvalue weighted by molar-refractivity contribution is 6.30. The average molecular weight is 394 g/mol. The molecule has 1 N–H and O–H groups in total. The molecule has 0 aliphatic rings. The molecule has 0 bridgehead atoms. The minimum Gasteiger partial charge on any atom is -0.451 e. The van der Waals surface area contributed by atoms with E-state index < -0.39 is 18.5 Å². The number of hydrogen-bond acceptors (Lipinski definition) is 4. The Labute approximate surface area is 167 Å². The second-order valence-corrected chi connectivity index (χ2v) is 6.16. The lowest BCUT2D eigenvalue weighted by atomic mass is 10.1. The van der Waals surface area contributed by atoms with Crippen LogP contribution in [-0.4, -0.2) is 34.8 Å². The number of nitrogens with one attached hydrogen (secondary N) is 1. The monoisotopic (exact) mass is 393 g/mol. The number of carbonyl (C=O) groups is 2. The fraction of sp³-hybridized carbons (Fsp3) is 0.0952. The van der Waals surface area contributed by atoms with E-state index in [2.05, 4.69) is 16.3 Å². The van der Waals surface area contributed by atoms with Crippen molar-refractivity contribution in [3.63, 3.8) is 0 Å². The zero-order valence-electron chi connectivity index (χ0n) is 14.8. The van der Waals surface area contributed by atoms with Crippen LogP contribution in [-0.2, 0) is 9.53 Å². The second-order valence-electron chi connectivity index (χ2n) is 5.73. The van der Waals surface area contributed by atoms with Gasteiger partial charge in [0.2, 0.25) is 0 Å². The molecule has 0 spiro atoms. The number of halogens is 1. The van der Waals surface area contributed by atoms with Crippen LogP contribution in [0.3, 0.4) is 0 Å². The van der Waals surface area contributed by atoms with Gasteiger partial charge in [-0.2, -0.15) is 5.10 Å². The molecule has 0 saturated heterocycles. The van der Waals surface area contributed by atoms with Gasteiger partial charge in [-0.05, 0) is 30.3 Å². The van der Waals surface area contributed by atoms with E-state index in [0.29, 0.717) is 16.4 Å². The Morgan fingerprint density at radius 2 is 1.86 bits per heavy atom. The number of ether oxygens (including phenoxy) is 1. The molecular weight excluding hydrogens is 378 g/mol. The lowest BCUT2D eigenvalue weighted by molar-refractivity contribution is -0.123. The van der Waals surface area contributed by atoms with Crippen LogP contribution in [0.15, 0.2) is 60.7 Å². The molecule has 3 rings (SSSR count). The maximum absolute atomic E-state index is 12.6. The molecule has 0 unspecified atom stereocenters. The molecule has 1 aromatic heterocycles. The molecule has 140 valence electrons. The smallest absolute Gasteiger partial charge is 0.357 e. The molecule has 0 atom stereocenters. The predicted molar refractivity (Wildman–Crippen MR) is 106 cm³/mol. The fourth-order valence-corrected chi connectivity index (χ4v) is 2.59. The van der Waals surface area contributed by atoms with Gasteiger partial charge >= 0.3 is 5.97 Å². The van der Waals surface area contributed by atoms with Crippen molar-refractivity contribution in [3.8, 4) is 29.3 Å². The van der Waals surface area contributed by atoms with Crippen LogP contribution in [0.25, 0.3) is 16.9 Å². The third-order valence-electron chi connectivity index (χ3n) is 3.78. The summed E-state index contributed by atoms with van der Waals surface area (Å²) in [6.07, 6.45) is 5.08. The first-order chi connectivity index (χ1) is 13.6. The van der Waals surface area contributed by atoms with Gasteiger partial charge in [0.05, 0.1) is 17.9 Å². The van der Waals surface area contributed by atoms with E-state index in [1.165, 1.54) is 4.68 Å². The molecule has 0 radical (unpaired) electrons. The number of rotatable bonds is 6. The topological polar surface area (TPSA) is 73.2 Å². The largest absolute Gasteiger partial charge is 0.451 e. The Balaban J connectivity index is 1.90. The van der Waals surface area contributed by atoms with Gasteiger partial charge in [-0.25, -0.2) is 9.48 Å². The van der Waals surface area contributed by atoms with Gasteiger partial charge in [0.15, 0.2) is 12.3 Å². The van der Waals surface area contributed by atoms with Crippen LogP contribution < -0.4 is 5.32 Å². The summed E-state index contributed by atoms with van der Waals surface area (Å²) in [5.74, 6) is 1.13. The minimum atomic E-state index is -0.674. The summed E-state index contributed by atoms with van der Waals surface area (Å²) in [6, 6.07) is 17.9. The molecule has 0 aliphatic carbocycles. The summed E-state index contributed by atoms with van der Waals surface area (Å²) < 4.78 is 6.59. The summed E-state index contributed by atoms with van der Waals surface area (Å²) in [5.41, 5.74) is 2.25. The van der Waals surface area contributed by atoms with Crippen LogP contribution in [0.5, 0.6) is 0 Å². The van der Waals surface area contributed by atoms with E-state index in [1.807, 2.05) is 42.5 Å². The van der Waals surface area contributed by atoms with E-state index in [9.17, 15) is 9.59 Å². The van der Waals surface area contributed by atoms with Gasteiger partial charge in [0.1, 0.15) is 0 Å². The van der Waals surface area contributed by atoms with Gasteiger partial charge in [0.25, 0.3) is 5.91 Å². The van der Waals surface area contributed by atoms with Crippen molar-refractivity contribution in [2.75, 3.05) is 13.2 Å². The van der Waals surface area contributed by atoms with E-state index in [-0.39, 0.29) is 12.2 Å². The van der Waals surface area contributed by atoms with Crippen molar-refractivity contribution in [2.45, 2.75) is 0 Å². The van der Waals surface area contributed by atoms with Crippen LogP contribution in [0.1, 0.15) is 10.5 Å². The summed E-state index contributed by atoms with van der Waals surface area (Å²) in [4.78, 5) is 24.2. The lowest BCUT2D eigenvalue weighted by Crippen LogP contribution is -2.29. The second kappa shape index (κ2) is 8.89. The fourth-order valence-electron chi connectivity index (χ4n) is 2.46. The third kappa shape index (κ3) is 4.58. The highest BCUT2D eigenvalue weighted by Crippen LogP contribution is 2.23. The molecule has 0 aliphatic heterocycles. The molecule has 1 amide bonds. The number of para-hydroxylation sites is 1. The number of carbonyl (C=O) groups excluding carboxylic acids is 2. The number of amides is 1. The molecule has 0 saturated carbocycles. The quantitative estimate of drug-likeness (QED) is 0.516. The van der Waals surface area contributed by atoms with Crippen molar-refractivity contribution in [3.05, 3.63) is 71.4 Å². The summed E-state index contributed by atoms with van der Waals surface area (Å²) in [7, 11) is 0. The highest BCUT2D eigenvalue weighted by atomic mass is 35.5. The van der Waals surface area contributed by atoms with Crippen LogP contribution in [0.4, 0.5) is 0 Å². The SMILES string of the molecule is C#CCNC(=O)COC(=O)c1cc(-c2ccc(Cl)cc2)nn1-c1ccccc1. The molecular formula is C21H16ClN3O3. The Morgan fingerprint density at radius 3 is 2.54 bits per heavy atom. The number of nitrogens with zero attached hydrogens (tertiary/aromatic N) is 2. The number of esters is 1. The maximum atomic E-state index is 12.6. The van der Waals surface area contributed by atoms with Crippen LogP contribution in [0, 0.1) is 12.3 Å². The van der Waals surface area contributed by atoms with Crippen molar-refractivity contribution in [2.24, 2.45) is 0 Å². The Hall–Kier alpha value is -3.56. The van der Waals surface area contributed by atoms with Gasteiger partial charge in [0, 0.05) is 10.6 Å². The van der Waals surface area contributed by atoms with Crippen molar-refractivity contribution < 1.29 is 14.3 Å². The zero-order valence-corrected chi connectivity index (χ0v) is 15.5. The molecule has 1 heterocycles. The first kappa shape index (κ1) is 19.2. The predicted octanol–water partition coefficient (Wildman–Crippen LogP) is 3.10. The Kier molecular flexibility index (Phi) is 6.10. The van der Waals surface area contributed by atoms with Crippen molar-refractivity contribution >= 4 is 23.5 Å². The molecule has 0 fully saturated rings. The van der Waals surface area contributed by atoms with E-state index in [1.54, 1.807) is 18.2 Å². The van der Waals surface area contributed by atoms with Crippen molar-refractivity contribution in [1.82, 2.24) is 15.1 Å². The summed E-state index contributed by atoms with van der Waals surface area (Å²) >= 11 is 5.94. The van der Waals surface area contributed by atoms with Gasteiger partial charge in [-0.3, -0.25) is 4.79 Å². The molecule has 3 aromatic rings. The lowest BCUT2D eigenvalue weighted by Gasteiger charge is -2.07. The highest BCUT2D eigenvalue weighted by Gasteiger charge is 2.20. The first-order valence-corrected chi connectivity index (χ1v) is 8.75. The van der Waals surface area contributed by atoms with Gasteiger partial charge in [-0.1, -0.05) is 47.9 Å². The molecule has 6 nitrogen and oxygen atoms in total.